The molecule has 4 N–H and O–H groups in total. The first-order valence-corrected chi connectivity index (χ1v) is 7.79. The molecule has 20 heavy (non-hydrogen) atoms. The van der Waals surface area contributed by atoms with Gasteiger partial charge >= 0.3 is 13.6 Å². The van der Waals surface area contributed by atoms with Crippen LogP contribution in [-0.4, -0.2) is 62.4 Å². The summed E-state index contributed by atoms with van der Waals surface area (Å²) in [5.74, 6) is -2.64. The van der Waals surface area contributed by atoms with Crippen molar-refractivity contribution in [3.63, 3.8) is 0 Å². The second kappa shape index (κ2) is 6.34. The van der Waals surface area contributed by atoms with Gasteiger partial charge in [0, 0.05) is 6.54 Å². The summed E-state index contributed by atoms with van der Waals surface area (Å²) in [5, 5.41) is 11.1. The van der Waals surface area contributed by atoms with Gasteiger partial charge in [0.25, 0.3) is 0 Å². The number of carboxylic acids is 1. The maximum Gasteiger partial charge on any atom is 0.334 e. The minimum Gasteiger partial charge on any atom is -0.480 e. The van der Waals surface area contributed by atoms with E-state index >= 15 is 0 Å². The molecular weight excluding hydrogens is 291 g/mol. The number of carboxylic acid groups (broad SMARTS) is 1. The van der Waals surface area contributed by atoms with E-state index in [1.165, 1.54) is 6.92 Å². The minimum atomic E-state index is -4.49. The van der Waals surface area contributed by atoms with Crippen molar-refractivity contribution in [2.75, 3.05) is 12.7 Å². The Balaban J connectivity index is 2.61. The summed E-state index contributed by atoms with van der Waals surface area (Å²) in [6.45, 7) is 1.63. The SMILES string of the molecule is CC(NC(=O)CP(=O)(O)O)C(=O)N1CCCC1C(=O)O. The number of amides is 2. The molecule has 0 aromatic carbocycles. The molecule has 114 valence electrons. The number of carbonyl (C=O) groups is 3. The Hall–Kier alpha value is -1.44. The fourth-order valence-electron chi connectivity index (χ4n) is 2.07. The molecule has 0 saturated carbocycles. The second-order valence-electron chi connectivity index (χ2n) is 4.64. The predicted octanol–water partition coefficient (Wildman–Crippen LogP) is -1.26. The molecule has 10 heteroatoms. The normalized spacial score (nSPS) is 20.6. The number of hydrogen-bond acceptors (Lipinski definition) is 4. The van der Waals surface area contributed by atoms with E-state index in [2.05, 4.69) is 5.32 Å². The van der Waals surface area contributed by atoms with Crippen LogP contribution in [0.3, 0.4) is 0 Å². The largest absolute Gasteiger partial charge is 0.480 e. The minimum absolute atomic E-state index is 0.286. The fraction of sp³-hybridized carbons (Fsp3) is 0.700. The van der Waals surface area contributed by atoms with E-state index in [1.54, 1.807) is 0 Å². The lowest BCUT2D eigenvalue weighted by Crippen LogP contribution is -2.50. The van der Waals surface area contributed by atoms with Crippen molar-refractivity contribution in [3.8, 4) is 0 Å². The van der Waals surface area contributed by atoms with Crippen molar-refractivity contribution >= 4 is 25.4 Å². The first-order chi connectivity index (χ1) is 9.11. The van der Waals surface area contributed by atoms with E-state index in [1.807, 2.05) is 0 Å². The van der Waals surface area contributed by atoms with Gasteiger partial charge in [-0.3, -0.25) is 14.2 Å². The van der Waals surface area contributed by atoms with Gasteiger partial charge in [-0.05, 0) is 19.8 Å². The van der Waals surface area contributed by atoms with Gasteiger partial charge in [0.2, 0.25) is 11.8 Å². The standard InChI is InChI=1S/C10H17N2O7P/c1-6(11-8(13)5-20(17,18)19)9(14)12-4-2-3-7(12)10(15)16/h6-7H,2-5H2,1H3,(H,11,13)(H,15,16)(H2,17,18,19). The Kier molecular flexibility index (Phi) is 5.27. The monoisotopic (exact) mass is 308 g/mol. The highest BCUT2D eigenvalue weighted by Crippen LogP contribution is 2.33. The van der Waals surface area contributed by atoms with Gasteiger partial charge in [-0.1, -0.05) is 0 Å². The highest BCUT2D eigenvalue weighted by molar-refractivity contribution is 7.52. The summed E-state index contributed by atoms with van der Waals surface area (Å²) < 4.78 is 10.7. The molecular formula is C10H17N2O7P. The quantitative estimate of drug-likeness (QED) is 0.464. The van der Waals surface area contributed by atoms with Crippen molar-refractivity contribution in [2.24, 2.45) is 0 Å². The zero-order valence-electron chi connectivity index (χ0n) is 10.9. The van der Waals surface area contributed by atoms with Crippen molar-refractivity contribution in [1.29, 1.82) is 0 Å². The molecule has 0 spiro atoms. The summed E-state index contributed by atoms with van der Waals surface area (Å²) >= 11 is 0. The number of rotatable bonds is 5. The van der Waals surface area contributed by atoms with Gasteiger partial charge in [-0.15, -0.1) is 0 Å². The smallest absolute Gasteiger partial charge is 0.334 e. The van der Waals surface area contributed by atoms with Crippen LogP contribution in [-0.2, 0) is 18.9 Å². The Labute approximate surface area is 115 Å². The predicted molar refractivity (Wildman–Crippen MR) is 66.9 cm³/mol. The van der Waals surface area contributed by atoms with Crippen molar-refractivity contribution in [3.05, 3.63) is 0 Å². The molecule has 1 aliphatic rings. The molecule has 0 aromatic rings. The van der Waals surface area contributed by atoms with Gasteiger partial charge in [-0.2, -0.15) is 0 Å². The van der Waals surface area contributed by atoms with Crippen LogP contribution in [0.15, 0.2) is 0 Å². The van der Waals surface area contributed by atoms with Crippen LogP contribution >= 0.6 is 7.60 Å². The molecule has 0 radical (unpaired) electrons. The first kappa shape index (κ1) is 16.6. The number of likely N-dealkylation sites (tertiary alicyclic amines) is 1. The molecule has 0 aliphatic carbocycles. The van der Waals surface area contributed by atoms with Crippen LogP contribution in [0.25, 0.3) is 0 Å². The average Bonchev–Trinajstić information content (AvgIpc) is 2.73. The highest BCUT2D eigenvalue weighted by Gasteiger charge is 2.36. The number of carbonyl (C=O) groups excluding carboxylic acids is 2. The van der Waals surface area contributed by atoms with E-state index in [0.29, 0.717) is 12.8 Å². The zero-order chi connectivity index (χ0) is 15.5. The molecule has 2 atom stereocenters. The van der Waals surface area contributed by atoms with Crippen LogP contribution in [0.4, 0.5) is 0 Å². The van der Waals surface area contributed by atoms with Crippen LogP contribution in [0.2, 0.25) is 0 Å². The van der Waals surface area contributed by atoms with Gasteiger partial charge in [0.05, 0.1) is 0 Å². The maximum atomic E-state index is 12.0. The summed E-state index contributed by atoms with van der Waals surface area (Å²) in [4.78, 5) is 52.7. The molecule has 1 fully saturated rings. The molecule has 0 bridgehead atoms. The lowest BCUT2D eigenvalue weighted by atomic mass is 10.2. The highest BCUT2D eigenvalue weighted by atomic mass is 31.2. The van der Waals surface area contributed by atoms with Gasteiger partial charge in [0.15, 0.2) is 0 Å². The van der Waals surface area contributed by atoms with Crippen LogP contribution in [0.5, 0.6) is 0 Å². The second-order valence-corrected chi connectivity index (χ2v) is 6.29. The van der Waals surface area contributed by atoms with E-state index in [-0.39, 0.29) is 6.54 Å². The molecule has 1 heterocycles. The Bertz CT molecular complexity index is 461. The van der Waals surface area contributed by atoms with Crippen molar-refractivity contribution < 1.29 is 33.8 Å². The van der Waals surface area contributed by atoms with Crippen LogP contribution in [0, 0.1) is 0 Å². The molecule has 2 unspecified atom stereocenters. The molecule has 1 rings (SSSR count). The lowest BCUT2D eigenvalue weighted by Gasteiger charge is -2.25. The summed E-state index contributed by atoms with van der Waals surface area (Å²) in [7, 11) is -4.49. The summed E-state index contributed by atoms with van der Waals surface area (Å²) in [6, 6.07) is -1.95. The first-order valence-electron chi connectivity index (χ1n) is 5.99. The zero-order valence-corrected chi connectivity index (χ0v) is 11.7. The van der Waals surface area contributed by atoms with Gasteiger partial charge < -0.3 is 25.1 Å². The third-order valence-electron chi connectivity index (χ3n) is 2.92. The number of hydrogen-bond donors (Lipinski definition) is 4. The Morgan fingerprint density at radius 3 is 2.50 bits per heavy atom. The van der Waals surface area contributed by atoms with Gasteiger partial charge in [0.1, 0.15) is 18.2 Å². The third-order valence-corrected chi connectivity index (χ3v) is 3.62. The number of aliphatic carboxylic acids is 1. The molecule has 1 saturated heterocycles. The third kappa shape index (κ3) is 4.59. The van der Waals surface area contributed by atoms with E-state index in [0.717, 1.165) is 4.90 Å². The van der Waals surface area contributed by atoms with Crippen molar-refractivity contribution in [2.45, 2.75) is 31.8 Å². The van der Waals surface area contributed by atoms with Crippen LogP contribution < -0.4 is 5.32 Å². The topological polar surface area (TPSA) is 144 Å². The van der Waals surface area contributed by atoms with E-state index in [4.69, 9.17) is 14.9 Å². The molecule has 0 aromatic heterocycles. The van der Waals surface area contributed by atoms with E-state index < -0.39 is 43.6 Å². The van der Waals surface area contributed by atoms with Gasteiger partial charge in [-0.25, -0.2) is 4.79 Å². The molecule has 1 aliphatic heterocycles. The Morgan fingerprint density at radius 2 is 2.00 bits per heavy atom. The Morgan fingerprint density at radius 1 is 1.40 bits per heavy atom. The summed E-state index contributed by atoms with van der Waals surface area (Å²) in [5.41, 5.74) is 0. The van der Waals surface area contributed by atoms with E-state index in [9.17, 15) is 18.9 Å². The fourth-order valence-corrected chi connectivity index (χ4v) is 2.54. The van der Waals surface area contributed by atoms with Crippen molar-refractivity contribution in [1.82, 2.24) is 10.2 Å². The van der Waals surface area contributed by atoms with Crippen LogP contribution in [0.1, 0.15) is 19.8 Å². The maximum absolute atomic E-state index is 12.0. The number of nitrogens with one attached hydrogen (secondary N) is 1. The lowest BCUT2D eigenvalue weighted by molar-refractivity contribution is -0.149. The average molecular weight is 308 g/mol. The number of nitrogens with zero attached hydrogens (tertiary/aromatic N) is 1. The molecule has 9 nitrogen and oxygen atoms in total. The summed E-state index contributed by atoms with van der Waals surface area (Å²) in [6.07, 6.45) is -0.0942. The molecule has 2 amide bonds.